The van der Waals surface area contributed by atoms with E-state index in [1.54, 1.807) is 0 Å². The van der Waals surface area contributed by atoms with Gasteiger partial charge < -0.3 is 10.4 Å². The monoisotopic (exact) mass is 327 g/mol. The van der Waals surface area contributed by atoms with Crippen LogP contribution in [0.5, 0.6) is 0 Å². The van der Waals surface area contributed by atoms with Crippen molar-refractivity contribution in [2.45, 2.75) is 71.5 Å². The van der Waals surface area contributed by atoms with E-state index in [1.807, 2.05) is 25.7 Å². The SMILES string of the molecule is CCCC(C)NC(=O)C(C)N1CCC(N(CC)CC(=O)O)CC1. The van der Waals surface area contributed by atoms with E-state index in [2.05, 4.69) is 17.1 Å². The van der Waals surface area contributed by atoms with Crippen LogP contribution in [-0.2, 0) is 9.59 Å². The van der Waals surface area contributed by atoms with Crippen molar-refractivity contribution in [2.24, 2.45) is 0 Å². The molecule has 1 aliphatic heterocycles. The second-order valence-electron chi connectivity index (χ2n) is 6.60. The summed E-state index contributed by atoms with van der Waals surface area (Å²) in [6.45, 7) is 10.7. The van der Waals surface area contributed by atoms with Crippen LogP contribution < -0.4 is 5.32 Å². The number of carboxylic acids is 1. The Bertz CT molecular complexity index is 381. The molecule has 1 heterocycles. The summed E-state index contributed by atoms with van der Waals surface area (Å²) in [5.41, 5.74) is 0. The van der Waals surface area contributed by atoms with E-state index in [-0.39, 0.29) is 24.5 Å². The number of aliphatic carboxylic acids is 1. The van der Waals surface area contributed by atoms with Crippen molar-refractivity contribution in [3.8, 4) is 0 Å². The molecule has 1 rings (SSSR count). The number of carbonyl (C=O) groups is 2. The number of nitrogens with one attached hydrogen (secondary N) is 1. The predicted octanol–water partition coefficient (Wildman–Crippen LogP) is 1.55. The minimum atomic E-state index is -0.771. The van der Waals surface area contributed by atoms with Crippen molar-refractivity contribution in [2.75, 3.05) is 26.2 Å². The molecule has 23 heavy (non-hydrogen) atoms. The lowest BCUT2D eigenvalue weighted by molar-refractivity contribution is -0.139. The molecule has 1 aliphatic rings. The highest BCUT2D eigenvalue weighted by molar-refractivity contribution is 5.81. The van der Waals surface area contributed by atoms with Gasteiger partial charge in [-0.3, -0.25) is 19.4 Å². The summed E-state index contributed by atoms with van der Waals surface area (Å²) in [6, 6.07) is 0.407. The average molecular weight is 327 g/mol. The Balaban J connectivity index is 2.45. The van der Waals surface area contributed by atoms with Gasteiger partial charge in [-0.1, -0.05) is 20.3 Å². The van der Waals surface area contributed by atoms with Crippen molar-refractivity contribution < 1.29 is 14.7 Å². The van der Waals surface area contributed by atoms with E-state index in [0.717, 1.165) is 45.3 Å². The molecule has 0 spiro atoms. The molecule has 2 N–H and O–H groups in total. The van der Waals surface area contributed by atoms with Gasteiger partial charge in [-0.25, -0.2) is 0 Å². The van der Waals surface area contributed by atoms with Crippen LogP contribution in [0.1, 0.15) is 53.4 Å². The molecule has 6 nitrogen and oxygen atoms in total. The Kier molecular flexibility index (Phi) is 8.55. The third kappa shape index (κ3) is 6.47. The Hall–Kier alpha value is -1.14. The van der Waals surface area contributed by atoms with Crippen LogP contribution in [0.3, 0.4) is 0 Å². The van der Waals surface area contributed by atoms with Gasteiger partial charge in [0.25, 0.3) is 0 Å². The third-order valence-corrected chi connectivity index (χ3v) is 4.80. The van der Waals surface area contributed by atoms with Crippen LogP contribution in [0, 0.1) is 0 Å². The fraction of sp³-hybridized carbons (Fsp3) is 0.882. The first-order valence-corrected chi connectivity index (χ1v) is 8.89. The lowest BCUT2D eigenvalue weighted by atomic mass is 10.0. The number of hydrogen-bond acceptors (Lipinski definition) is 4. The van der Waals surface area contributed by atoms with Crippen molar-refractivity contribution in [3.63, 3.8) is 0 Å². The zero-order valence-corrected chi connectivity index (χ0v) is 15.0. The summed E-state index contributed by atoms with van der Waals surface area (Å²) in [7, 11) is 0. The van der Waals surface area contributed by atoms with Gasteiger partial charge in [-0.15, -0.1) is 0 Å². The van der Waals surface area contributed by atoms with Crippen LogP contribution in [0.15, 0.2) is 0 Å². The highest BCUT2D eigenvalue weighted by Crippen LogP contribution is 2.18. The first kappa shape index (κ1) is 19.9. The molecule has 0 aliphatic carbocycles. The molecule has 0 aromatic heterocycles. The molecule has 134 valence electrons. The summed E-state index contributed by atoms with van der Waals surface area (Å²) >= 11 is 0. The number of carbonyl (C=O) groups excluding carboxylic acids is 1. The fourth-order valence-corrected chi connectivity index (χ4v) is 3.35. The van der Waals surface area contributed by atoms with E-state index in [0.29, 0.717) is 6.04 Å². The standard InChI is InChI=1S/C17H33N3O3/c1-5-7-13(3)18-17(23)14(4)20-10-8-15(9-11-20)19(6-2)12-16(21)22/h13-15H,5-12H2,1-4H3,(H,18,23)(H,21,22). The number of carboxylic acid groups (broad SMARTS) is 1. The van der Waals surface area contributed by atoms with Gasteiger partial charge in [0, 0.05) is 25.2 Å². The number of likely N-dealkylation sites (N-methyl/N-ethyl adjacent to an activating group) is 1. The second-order valence-corrected chi connectivity index (χ2v) is 6.60. The summed E-state index contributed by atoms with van der Waals surface area (Å²) in [5, 5.41) is 12.1. The second kappa shape index (κ2) is 9.88. The zero-order valence-electron chi connectivity index (χ0n) is 15.0. The van der Waals surface area contributed by atoms with Gasteiger partial charge in [-0.2, -0.15) is 0 Å². The maximum Gasteiger partial charge on any atom is 0.317 e. The van der Waals surface area contributed by atoms with Crippen molar-refractivity contribution in [3.05, 3.63) is 0 Å². The number of amides is 1. The van der Waals surface area contributed by atoms with Crippen LogP contribution in [-0.4, -0.2) is 71.1 Å². The fourth-order valence-electron chi connectivity index (χ4n) is 3.35. The lowest BCUT2D eigenvalue weighted by Gasteiger charge is -2.39. The third-order valence-electron chi connectivity index (χ3n) is 4.80. The molecule has 6 heteroatoms. The number of hydrogen-bond donors (Lipinski definition) is 2. The molecule has 2 atom stereocenters. The van der Waals surface area contributed by atoms with E-state index in [1.165, 1.54) is 0 Å². The number of likely N-dealkylation sites (tertiary alicyclic amines) is 1. The van der Waals surface area contributed by atoms with Gasteiger partial charge in [0.15, 0.2) is 0 Å². The van der Waals surface area contributed by atoms with E-state index in [4.69, 9.17) is 5.11 Å². The first-order valence-electron chi connectivity index (χ1n) is 8.89. The number of rotatable bonds is 9. The van der Waals surface area contributed by atoms with E-state index >= 15 is 0 Å². The Morgan fingerprint density at radius 1 is 1.26 bits per heavy atom. The summed E-state index contributed by atoms with van der Waals surface area (Å²) in [6.07, 6.45) is 3.91. The quantitative estimate of drug-likeness (QED) is 0.672. The first-order chi connectivity index (χ1) is 10.9. The molecular formula is C17H33N3O3. The van der Waals surface area contributed by atoms with Gasteiger partial charge in [0.05, 0.1) is 12.6 Å². The Labute approximate surface area is 140 Å². The number of nitrogens with zero attached hydrogens (tertiary/aromatic N) is 2. The summed E-state index contributed by atoms with van der Waals surface area (Å²) in [5.74, 6) is -0.672. The molecule has 0 aromatic carbocycles. The van der Waals surface area contributed by atoms with Crippen LogP contribution in [0.25, 0.3) is 0 Å². The van der Waals surface area contributed by atoms with Gasteiger partial charge in [0.2, 0.25) is 5.91 Å². The highest BCUT2D eigenvalue weighted by atomic mass is 16.4. The highest BCUT2D eigenvalue weighted by Gasteiger charge is 2.29. The van der Waals surface area contributed by atoms with Crippen LogP contribution in [0.4, 0.5) is 0 Å². The molecule has 1 saturated heterocycles. The minimum Gasteiger partial charge on any atom is -0.480 e. The molecule has 2 unspecified atom stereocenters. The molecular weight excluding hydrogens is 294 g/mol. The van der Waals surface area contributed by atoms with Gasteiger partial charge >= 0.3 is 5.97 Å². The van der Waals surface area contributed by atoms with Crippen molar-refractivity contribution in [1.29, 1.82) is 0 Å². The van der Waals surface area contributed by atoms with Crippen molar-refractivity contribution >= 4 is 11.9 Å². The maximum absolute atomic E-state index is 12.3. The molecule has 0 saturated carbocycles. The number of piperidine rings is 1. The molecule has 0 radical (unpaired) electrons. The predicted molar refractivity (Wildman–Crippen MR) is 91.5 cm³/mol. The Morgan fingerprint density at radius 2 is 1.87 bits per heavy atom. The minimum absolute atomic E-state index is 0.0993. The molecule has 0 bridgehead atoms. The van der Waals surface area contributed by atoms with Crippen LogP contribution in [0.2, 0.25) is 0 Å². The van der Waals surface area contributed by atoms with E-state index < -0.39 is 5.97 Å². The van der Waals surface area contributed by atoms with E-state index in [9.17, 15) is 9.59 Å². The molecule has 1 amide bonds. The topological polar surface area (TPSA) is 72.9 Å². The lowest BCUT2D eigenvalue weighted by Crippen LogP contribution is -2.53. The van der Waals surface area contributed by atoms with Gasteiger partial charge in [0.1, 0.15) is 0 Å². The zero-order chi connectivity index (χ0) is 17.4. The average Bonchev–Trinajstić information content (AvgIpc) is 2.52. The normalized spacial score (nSPS) is 19.5. The summed E-state index contributed by atoms with van der Waals surface area (Å²) in [4.78, 5) is 27.5. The van der Waals surface area contributed by atoms with Crippen molar-refractivity contribution in [1.82, 2.24) is 15.1 Å². The Morgan fingerprint density at radius 3 is 2.35 bits per heavy atom. The molecule has 1 fully saturated rings. The molecule has 0 aromatic rings. The smallest absolute Gasteiger partial charge is 0.317 e. The summed E-state index contributed by atoms with van der Waals surface area (Å²) < 4.78 is 0. The van der Waals surface area contributed by atoms with Gasteiger partial charge in [-0.05, 0) is 39.7 Å². The van der Waals surface area contributed by atoms with Crippen LogP contribution >= 0.6 is 0 Å². The maximum atomic E-state index is 12.3. The largest absolute Gasteiger partial charge is 0.480 e.